The van der Waals surface area contributed by atoms with Gasteiger partial charge in [-0.15, -0.1) is 0 Å². The molecule has 0 spiro atoms. The lowest BCUT2D eigenvalue weighted by molar-refractivity contribution is -0.120. The number of anilines is 1. The minimum Gasteiger partial charge on any atom is -0.356 e. The second-order valence-electron chi connectivity index (χ2n) is 6.10. The van der Waals surface area contributed by atoms with E-state index in [2.05, 4.69) is 31.4 Å². The maximum absolute atomic E-state index is 11.5. The van der Waals surface area contributed by atoms with E-state index < -0.39 is 0 Å². The number of carbonyl (C=O) groups excluding carboxylic acids is 1. The molecule has 2 saturated heterocycles. The fourth-order valence-electron chi connectivity index (χ4n) is 3.25. The van der Waals surface area contributed by atoms with E-state index in [1.807, 2.05) is 0 Å². The van der Waals surface area contributed by atoms with Gasteiger partial charge in [-0.1, -0.05) is 6.92 Å². The van der Waals surface area contributed by atoms with Crippen molar-refractivity contribution < 1.29 is 4.79 Å². The van der Waals surface area contributed by atoms with Gasteiger partial charge in [-0.25, -0.2) is 4.98 Å². The van der Waals surface area contributed by atoms with Gasteiger partial charge in [0.05, 0.1) is 0 Å². The largest absolute Gasteiger partial charge is 0.356 e. The van der Waals surface area contributed by atoms with Crippen LogP contribution < -0.4 is 10.2 Å². The molecule has 1 N–H and O–H groups in total. The number of rotatable bonds is 4. The Hall–Kier alpha value is -1.21. The van der Waals surface area contributed by atoms with Crippen LogP contribution in [-0.2, 0) is 11.2 Å². The van der Waals surface area contributed by atoms with Crippen molar-refractivity contribution in [2.45, 2.75) is 45.1 Å². The monoisotopic (exact) mass is 323 g/mol. The molecule has 0 unspecified atom stereocenters. The molecule has 2 fully saturated rings. The maximum atomic E-state index is 11.5. The van der Waals surface area contributed by atoms with Crippen LogP contribution in [0, 0.1) is 0 Å². The minimum absolute atomic E-state index is 0.207. The van der Waals surface area contributed by atoms with Gasteiger partial charge < -0.3 is 10.2 Å². The molecule has 1 amide bonds. The SMILES string of the molecule is CCCc1nsc(N2CCN([C@@H]3CCNC(=O)CC3)CC2)n1. The van der Waals surface area contributed by atoms with Gasteiger partial charge in [-0.05, 0) is 19.3 Å². The third kappa shape index (κ3) is 3.76. The number of piperazine rings is 1. The summed E-state index contributed by atoms with van der Waals surface area (Å²) in [6, 6.07) is 0.547. The van der Waals surface area contributed by atoms with E-state index in [1.165, 1.54) is 11.5 Å². The molecule has 0 saturated carbocycles. The standard InChI is InChI=1S/C15H25N5OS/c1-2-3-13-17-15(22-18-13)20-10-8-19(9-11-20)12-4-5-14(21)16-7-6-12/h12H,2-11H2,1H3,(H,16,21)/t12-/m0/s1. The van der Waals surface area contributed by atoms with Crippen molar-refractivity contribution in [2.24, 2.45) is 0 Å². The van der Waals surface area contributed by atoms with Crippen molar-refractivity contribution in [3.05, 3.63) is 5.82 Å². The Kier molecular flexibility index (Phi) is 5.25. The molecular weight excluding hydrogens is 298 g/mol. The van der Waals surface area contributed by atoms with Gasteiger partial charge in [0, 0.05) is 63.1 Å². The van der Waals surface area contributed by atoms with E-state index in [-0.39, 0.29) is 5.91 Å². The number of nitrogens with one attached hydrogen (secondary N) is 1. The Bertz CT molecular complexity index is 498. The zero-order valence-electron chi connectivity index (χ0n) is 13.3. The highest BCUT2D eigenvalue weighted by Crippen LogP contribution is 2.22. The summed E-state index contributed by atoms with van der Waals surface area (Å²) in [6.07, 6.45) is 4.80. The first kappa shape index (κ1) is 15.7. The van der Waals surface area contributed by atoms with Crippen molar-refractivity contribution in [3.8, 4) is 0 Å². The number of amides is 1. The molecule has 6 nitrogen and oxygen atoms in total. The van der Waals surface area contributed by atoms with Crippen LogP contribution in [0.25, 0.3) is 0 Å². The van der Waals surface area contributed by atoms with Crippen molar-refractivity contribution >= 4 is 22.6 Å². The third-order valence-electron chi connectivity index (χ3n) is 4.54. The lowest BCUT2D eigenvalue weighted by atomic mass is 10.1. The summed E-state index contributed by atoms with van der Waals surface area (Å²) in [5.41, 5.74) is 0. The first-order valence-corrected chi connectivity index (χ1v) is 9.12. The number of hydrogen-bond acceptors (Lipinski definition) is 6. The molecule has 3 heterocycles. The molecule has 1 aromatic rings. The van der Waals surface area contributed by atoms with E-state index >= 15 is 0 Å². The first-order valence-electron chi connectivity index (χ1n) is 8.34. The molecule has 0 aromatic carbocycles. The van der Waals surface area contributed by atoms with E-state index in [0.29, 0.717) is 12.5 Å². The highest BCUT2D eigenvalue weighted by molar-refractivity contribution is 7.09. The molecule has 2 aliphatic heterocycles. The number of carbonyl (C=O) groups is 1. The third-order valence-corrected chi connectivity index (χ3v) is 5.35. The topological polar surface area (TPSA) is 61.4 Å². The highest BCUT2D eigenvalue weighted by Gasteiger charge is 2.27. The molecule has 2 aliphatic rings. The highest BCUT2D eigenvalue weighted by atomic mass is 32.1. The second kappa shape index (κ2) is 7.37. The lowest BCUT2D eigenvalue weighted by Crippen LogP contribution is -2.50. The molecule has 1 atom stereocenters. The van der Waals surface area contributed by atoms with E-state index in [4.69, 9.17) is 0 Å². The summed E-state index contributed by atoms with van der Waals surface area (Å²) in [7, 11) is 0. The van der Waals surface area contributed by atoms with Crippen LogP contribution in [0.15, 0.2) is 0 Å². The zero-order chi connectivity index (χ0) is 15.4. The molecule has 7 heteroatoms. The molecule has 0 radical (unpaired) electrons. The fraction of sp³-hybridized carbons (Fsp3) is 0.800. The Morgan fingerprint density at radius 3 is 2.86 bits per heavy atom. The average Bonchev–Trinajstić information content (AvgIpc) is 2.89. The van der Waals surface area contributed by atoms with Gasteiger partial charge in [0.25, 0.3) is 0 Å². The smallest absolute Gasteiger partial charge is 0.220 e. The molecule has 122 valence electrons. The van der Waals surface area contributed by atoms with Crippen molar-refractivity contribution in [2.75, 3.05) is 37.6 Å². The fourth-order valence-corrected chi connectivity index (χ4v) is 4.01. The van der Waals surface area contributed by atoms with Gasteiger partial charge in [0.2, 0.25) is 11.0 Å². The van der Waals surface area contributed by atoms with Crippen LogP contribution in [0.2, 0.25) is 0 Å². The summed E-state index contributed by atoms with van der Waals surface area (Å²) in [5, 5.41) is 4.04. The Labute approximate surface area is 136 Å². The van der Waals surface area contributed by atoms with Crippen LogP contribution in [0.3, 0.4) is 0 Å². The van der Waals surface area contributed by atoms with Gasteiger partial charge >= 0.3 is 0 Å². The van der Waals surface area contributed by atoms with Gasteiger partial charge in [-0.2, -0.15) is 4.37 Å². The van der Waals surface area contributed by atoms with Gasteiger partial charge in [0.15, 0.2) is 0 Å². The number of aryl methyl sites for hydroxylation is 1. The molecule has 0 aliphatic carbocycles. The average molecular weight is 323 g/mol. The zero-order valence-corrected chi connectivity index (χ0v) is 14.1. The molecular formula is C15H25N5OS. The van der Waals surface area contributed by atoms with Crippen LogP contribution in [-0.4, -0.2) is 58.9 Å². The molecule has 1 aromatic heterocycles. The lowest BCUT2D eigenvalue weighted by Gasteiger charge is -2.38. The van der Waals surface area contributed by atoms with Crippen LogP contribution in [0.4, 0.5) is 5.13 Å². The molecule has 22 heavy (non-hydrogen) atoms. The number of aromatic nitrogens is 2. The van der Waals surface area contributed by atoms with Crippen LogP contribution in [0.5, 0.6) is 0 Å². The van der Waals surface area contributed by atoms with E-state index in [9.17, 15) is 4.79 Å². The Balaban J connectivity index is 1.52. The first-order chi connectivity index (χ1) is 10.8. The Morgan fingerprint density at radius 2 is 2.09 bits per heavy atom. The minimum atomic E-state index is 0.207. The van der Waals surface area contributed by atoms with E-state index in [0.717, 1.165) is 69.4 Å². The molecule has 3 rings (SSSR count). The van der Waals surface area contributed by atoms with Crippen molar-refractivity contribution in [1.29, 1.82) is 0 Å². The second-order valence-corrected chi connectivity index (χ2v) is 6.83. The predicted octanol–water partition coefficient (Wildman–Crippen LogP) is 1.28. The summed E-state index contributed by atoms with van der Waals surface area (Å²) in [6.45, 7) is 7.12. The summed E-state index contributed by atoms with van der Waals surface area (Å²) >= 11 is 1.53. The maximum Gasteiger partial charge on any atom is 0.220 e. The summed E-state index contributed by atoms with van der Waals surface area (Å²) in [5.74, 6) is 1.19. The van der Waals surface area contributed by atoms with Crippen molar-refractivity contribution in [3.63, 3.8) is 0 Å². The normalized spacial score (nSPS) is 24.1. The van der Waals surface area contributed by atoms with Crippen LogP contribution in [0.1, 0.15) is 38.4 Å². The summed E-state index contributed by atoms with van der Waals surface area (Å²) < 4.78 is 4.44. The predicted molar refractivity (Wildman–Crippen MR) is 88.3 cm³/mol. The van der Waals surface area contributed by atoms with Gasteiger partial charge in [0.1, 0.15) is 5.82 Å². The summed E-state index contributed by atoms with van der Waals surface area (Å²) in [4.78, 5) is 21.0. The Morgan fingerprint density at radius 1 is 1.27 bits per heavy atom. The molecule has 0 bridgehead atoms. The van der Waals surface area contributed by atoms with Gasteiger partial charge in [-0.3, -0.25) is 9.69 Å². The van der Waals surface area contributed by atoms with Crippen LogP contribution >= 0.6 is 11.5 Å². The quantitative estimate of drug-likeness (QED) is 0.904. The number of nitrogens with zero attached hydrogens (tertiary/aromatic N) is 4. The van der Waals surface area contributed by atoms with Crippen molar-refractivity contribution in [1.82, 2.24) is 19.6 Å². The van der Waals surface area contributed by atoms with E-state index in [1.54, 1.807) is 0 Å². The number of hydrogen-bond donors (Lipinski definition) is 1.